The van der Waals surface area contributed by atoms with Crippen LogP contribution in [0.15, 0.2) is 72.6 Å². The molecule has 0 aliphatic rings. The zero-order chi connectivity index (χ0) is 28.6. The lowest BCUT2D eigenvalue weighted by atomic mass is 9.90. The van der Waals surface area contributed by atoms with Crippen LogP contribution in [0.2, 0.25) is 0 Å². The topological polar surface area (TPSA) is 83.8 Å². The minimum atomic E-state index is -3.26. The molecule has 210 valence electrons. The molecule has 2 aromatic carbocycles. The smallest absolute Gasteiger partial charge is 0.387 e. The average Bonchev–Trinajstić information content (AvgIpc) is 3.40. The van der Waals surface area contributed by atoms with Gasteiger partial charge in [-0.1, -0.05) is 43.3 Å². The summed E-state index contributed by atoms with van der Waals surface area (Å²) >= 11 is 1.24. The Morgan fingerprint density at radius 2 is 1.74 bits per heavy atom. The first-order chi connectivity index (χ1) is 18.6. The third-order valence-electron chi connectivity index (χ3n) is 6.19. The van der Waals surface area contributed by atoms with Gasteiger partial charge in [0.2, 0.25) is 0 Å². The minimum Gasteiger partial charge on any atom is -0.431 e. The van der Waals surface area contributed by atoms with Crippen molar-refractivity contribution in [2.24, 2.45) is 0 Å². The Bertz CT molecular complexity index is 1280. The predicted octanol–water partition coefficient (Wildman–Crippen LogP) is 7.12. The number of nitrogens with zero attached hydrogens (tertiary/aromatic N) is 1. The van der Waals surface area contributed by atoms with Crippen molar-refractivity contribution in [3.8, 4) is 11.5 Å². The van der Waals surface area contributed by atoms with E-state index < -0.39 is 36.2 Å². The Hall–Kier alpha value is -3.41. The van der Waals surface area contributed by atoms with Crippen LogP contribution in [0.1, 0.15) is 59.7 Å². The van der Waals surface area contributed by atoms with Gasteiger partial charge in [0, 0.05) is 23.2 Å². The van der Waals surface area contributed by atoms with E-state index in [0.717, 1.165) is 23.6 Å². The summed E-state index contributed by atoms with van der Waals surface area (Å²) in [7, 11) is 0. The molecule has 0 aliphatic carbocycles. The zero-order valence-electron chi connectivity index (χ0n) is 21.6. The van der Waals surface area contributed by atoms with Gasteiger partial charge in [0.15, 0.2) is 11.5 Å². The molecule has 1 aromatic heterocycles. The summed E-state index contributed by atoms with van der Waals surface area (Å²) in [5.41, 5.74) is 3.56. The van der Waals surface area contributed by atoms with Gasteiger partial charge in [0.1, 0.15) is 10.6 Å². The van der Waals surface area contributed by atoms with Crippen LogP contribution in [0.3, 0.4) is 0 Å². The van der Waals surface area contributed by atoms with Crippen molar-refractivity contribution in [2.75, 3.05) is 0 Å². The van der Waals surface area contributed by atoms with Gasteiger partial charge in [0.05, 0.1) is 0 Å². The summed E-state index contributed by atoms with van der Waals surface area (Å²) < 4.78 is 60.8. The molecule has 0 aliphatic heterocycles. The Balaban J connectivity index is 2.07. The summed E-state index contributed by atoms with van der Waals surface area (Å²) in [6.07, 6.45) is 7.53. The van der Waals surface area contributed by atoms with Crippen molar-refractivity contribution in [1.29, 1.82) is 0 Å². The monoisotopic (exact) mass is 566 g/mol. The number of ether oxygens (including phenoxy) is 2. The van der Waals surface area contributed by atoms with Crippen LogP contribution in [0, 0.1) is 0 Å². The summed E-state index contributed by atoms with van der Waals surface area (Å²) in [6, 6.07) is 11.4. The highest BCUT2D eigenvalue weighted by molar-refractivity contribution is 7.11. The number of aryl methyl sites for hydroxylation is 1. The number of aliphatic hydroxyl groups is 1. The Labute approximate surface area is 228 Å². The van der Waals surface area contributed by atoms with Crippen molar-refractivity contribution in [3.63, 3.8) is 0 Å². The van der Waals surface area contributed by atoms with Crippen molar-refractivity contribution in [3.05, 3.63) is 99.2 Å². The summed E-state index contributed by atoms with van der Waals surface area (Å²) in [4.78, 5) is 5.17. The molecule has 0 fully saturated rings. The van der Waals surface area contributed by atoms with Crippen molar-refractivity contribution in [1.82, 2.24) is 10.5 Å². The van der Waals surface area contributed by atoms with Crippen LogP contribution in [0.4, 0.5) is 17.6 Å². The third kappa shape index (κ3) is 7.81. The molecular weight excluding hydrogens is 536 g/mol. The van der Waals surface area contributed by atoms with Gasteiger partial charge in [-0.2, -0.15) is 17.6 Å². The molecule has 0 bridgehead atoms. The van der Waals surface area contributed by atoms with Crippen molar-refractivity contribution < 1.29 is 37.3 Å². The second-order valence-electron chi connectivity index (χ2n) is 8.74. The number of hydrogen-bond acceptors (Lipinski definition) is 7. The maximum atomic E-state index is 13.1. The van der Waals surface area contributed by atoms with Gasteiger partial charge in [-0.25, -0.2) is 4.98 Å². The zero-order valence-corrected chi connectivity index (χ0v) is 22.4. The van der Waals surface area contributed by atoms with Gasteiger partial charge >= 0.3 is 13.2 Å². The molecule has 0 radical (unpaired) electrons. The third-order valence-corrected chi connectivity index (χ3v) is 7.51. The van der Waals surface area contributed by atoms with E-state index in [-0.39, 0.29) is 0 Å². The fourth-order valence-electron chi connectivity index (χ4n) is 4.03. The number of halogens is 4. The molecule has 3 N–H and O–H groups in total. The quantitative estimate of drug-likeness (QED) is 0.116. The number of benzene rings is 2. The molecule has 0 saturated carbocycles. The molecular formula is C28H30F4N2O4S. The predicted molar refractivity (Wildman–Crippen MR) is 141 cm³/mol. The van der Waals surface area contributed by atoms with Crippen molar-refractivity contribution in [2.45, 2.75) is 58.4 Å². The number of rotatable bonds is 13. The Morgan fingerprint density at radius 1 is 1.08 bits per heavy atom. The second-order valence-corrected chi connectivity index (χ2v) is 9.80. The second kappa shape index (κ2) is 13.6. The Morgan fingerprint density at radius 3 is 2.33 bits per heavy atom. The fourth-order valence-corrected chi connectivity index (χ4v) is 5.14. The minimum absolute atomic E-state index is 0.326. The lowest BCUT2D eigenvalue weighted by Gasteiger charge is -2.22. The van der Waals surface area contributed by atoms with Crippen LogP contribution in [0.5, 0.6) is 11.5 Å². The summed E-state index contributed by atoms with van der Waals surface area (Å²) in [5.74, 6) is -1.55. The number of hydroxylamine groups is 1. The molecule has 0 amide bonds. The molecule has 0 spiro atoms. The van der Waals surface area contributed by atoms with Crippen LogP contribution >= 0.6 is 11.3 Å². The van der Waals surface area contributed by atoms with E-state index in [1.54, 1.807) is 32.2 Å². The van der Waals surface area contributed by atoms with Gasteiger partial charge in [-0.15, -0.1) is 11.3 Å². The fraction of sp³-hybridized carbons (Fsp3) is 0.321. The lowest BCUT2D eigenvalue weighted by molar-refractivity contribution is -0.0692. The molecule has 11 heteroatoms. The van der Waals surface area contributed by atoms with Crippen LogP contribution in [-0.2, 0) is 12.0 Å². The van der Waals surface area contributed by atoms with Gasteiger partial charge in [-0.05, 0) is 67.2 Å². The van der Waals surface area contributed by atoms with E-state index in [2.05, 4.69) is 14.5 Å². The number of alkyl halides is 4. The first kappa shape index (κ1) is 30.1. The SMILES string of the molecule is C/C=C(\C=C/NO)CC(c1ccc(OC(F)F)c(OC(F)F)c1)c1cnc(C(C)(O)c2ccc(CC)cc2)s1. The van der Waals surface area contributed by atoms with Crippen LogP contribution in [0.25, 0.3) is 0 Å². The van der Waals surface area contributed by atoms with Crippen molar-refractivity contribution >= 4 is 11.3 Å². The molecule has 3 aromatic rings. The highest BCUT2D eigenvalue weighted by atomic mass is 32.1. The average molecular weight is 567 g/mol. The molecule has 39 heavy (non-hydrogen) atoms. The van der Waals surface area contributed by atoms with Gasteiger partial charge in [0.25, 0.3) is 0 Å². The number of nitrogens with one attached hydrogen (secondary N) is 1. The van der Waals surface area contributed by atoms with Gasteiger partial charge in [-0.3, -0.25) is 10.7 Å². The first-order valence-electron chi connectivity index (χ1n) is 12.1. The highest BCUT2D eigenvalue weighted by Crippen LogP contribution is 2.42. The van der Waals surface area contributed by atoms with Crippen LogP contribution in [-0.4, -0.2) is 28.5 Å². The molecule has 2 unspecified atom stereocenters. The largest absolute Gasteiger partial charge is 0.431 e. The molecule has 3 rings (SSSR count). The van der Waals surface area contributed by atoms with E-state index in [0.29, 0.717) is 27.4 Å². The van der Waals surface area contributed by atoms with E-state index >= 15 is 0 Å². The number of hydrogen-bond donors (Lipinski definition) is 3. The molecule has 2 atom stereocenters. The van der Waals surface area contributed by atoms with Crippen LogP contribution < -0.4 is 15.0 Å². The molecule has 1 heterocycles. The maximum absolute atomic E-state index is 13.1. The summed E-state index contributed by atoms with van der Waals surface area (Å²) in [6.45, 7) is -1.01. The molecule has 0 saturated heterocycles. The standard InChI is InChI=1S/C28H30F4N2O4S/c1-4-17-6-9-20(10-7-17)28(3,35)25-33-16-24(39-25)21(14-18(5-2)12-13-34-36)19-8-11-22(37-26(29)30)23(15-19)38-27(31)32/h5-13,15-16,21,26-27,34-36H,4,14H2,1-3H3/b13-12-,18-5+. The first-order valence-corrected chi connectivity index (χ1v) is 12.9. The van der Waals surface area contributed by atoms with E-state index in [4.69, 9.17) is 5.21 Å². The van der Waals surface area contributed by atoms with Gasteiger partial charge < -0.3 is 14.6 Å². The molecule has 6 nitrogen and oxygen atoms in total. The van der Waals surface area contributed by atoms with E-state index in [1.807, 2.05) is 36.7 Å². The van der Waals surface area contributed by atoms with E-state index in [9.17, 15) is 22.7 Å². The number of thiazole rings is 1. The lowest BCUT2D eigenvalue weighted by Crippen LogP contribution is -2.22. The highest BCUT2D eigenvalue weighted by Gasteiger charge is 2.31. The number of allylic oxidation sites excluding steroid dienone is 3. The van der Waals surface area contributed by atoms with E-state index in [1.165, 1.54) is 29.7 Å². The normalized spacial score (nSPS) is 14.6. The summed E-state index contributed by atoms with van der Waals surface area (Å²) in [5, 5.41) is 20.8. The Kier molecular flexibility index (Phi) is 10.5. The number of aromatic nitrogens is 1. The maximum Gasteiger partial charge on any atom is 0.387 e.